The van der Waals surface area contributed by atoms with E-state index in [-0.39, 0.29) is 11.3 Å². The van der Waals surface area contributed by atoms with Crippen LogP contribution in [0.15, 0.2) is 12.1 Å². The smallest absolute Gasteiger partial charge is 0.341 e. The lowest BCUT2D eigenvalue weighted by Gasteiger charge is -2.14. The molecule has 19 heavy (non-hydrogen) atoms. The first-order valence-electron chi connectivity index (χ1n) is 6.08. The number of carbonyl (C=O) groups excluding carboxylic acids is 2. The van der Waals surface area contributed by atoms with Gasteiger partial charge < -0.3 is 14.2 Å². The van der Waals surface area contributed by atoms with Gasteiger partial charge in [0.25, 0.3) is 0 Å². The van der Waals surface area contributed by atoms with Crippen LogP contribution in [-0.4, -0.2) is 32.1 Å². The first-order valence-corrected chi connectivity index (χ1v) is 6.08. The van der Waals surface area contributed by atoms with Gasteiger partial charge in [-0.3, -0.25) is 4.79 Å². The minimum absolute atomic E-state index is 0.184. The van der Waals surface area contributed by atoms with Crippen LogP contribution in [0.5, 0.6) is 11.5 Å². The molecule has 0 fully saturated rings. The molecule has 0 aliphatic rings. The average Bonchev–Trinajstić information content (AvgIpc) is 2.38. The average molecular weight is 266 g/mol. The van der Waals surface area contributed by atoms with Crippen molar-refractivity contribution in [1.82, 2.24) is 0 Å². The van der Waals surface area contributed by atoms with Crippen LogP contribution in [0.2, 0.25) is 0 Å². The maximum atomic E-state index is 11.7. The summed E-state index contributed by atoms with van der Waals surface area (Å²) in [7, 11) is 1.28. The number of Topliss-reactive ketones (excluding diaryl/α,β-unsaturated/α-hetero) is 1. The van der Waals surface area contributed by atoms with Crippen LogP contribution in [0.1, 0.15) is 41.5 Å². The molecule has 0 aliphatic carbocycles. The van der Waals surface area contributed by atoms with E-state index in [0.717, 1.165) is 0 Å². The van der Waals surface area contributed by atoms with E-state index in [4.69, 9.17) is 9.47 Å². The number of hydrogen-bond donors (Lipinski definition) is 0. The fourth-order valence-corrected chi connectivity index (χ4v) is 1.66. The molecule has 0 saturated heterocycles. The molecule has 0 saturated carbocycles. The van der Waals surface area contributed by atoms with Crippen molar-refractivity contribution in [2.75, 3.05) is 20.3 Å². The van der Waals surface area contributed by atoms with Gasteiger partial charge in [0.15, 0.2) is 5.78 Å². The molecule has 5 nitrogen and oxygen atoms in total. The van der Waals surface area contributed by atoms with Crippen LogP contribution in [0, 0.1) is 0 Å². The highest BCUT2D eigenvalue weighted by Gasteiger charge is 2.20. The van der Waals surface area contributed by atoms with Gasteiger partial charge in [-0.1, -0.05) is 0 Å². The highest BCUT2D eigenvalue weighted by molar-refractivity contribution is 6.01. The van der Waals surface area contributed by atoms with Crippen LogP contribution in [0.4, 0.5) is 0 Å². The standard InChI is InChI=1S/C14H18O5/c1-5-18-12-8-13(19-6-2)11(14(16)17-4)7-10(12)9(3)15/h7-8H,5-6H2,1-4H3. The topological polar surface area (TPSA) is 61.8 Å². The third kappa shape index (κ3) is 3.47. The van der Waals surface area contributed by atoms with Gasteiger partial charge in [-0.25, -0.2) is 4.79 Å². The number of benzene rings is 1. The Morgan fingerprint density at radius 1 is 1.00 bits per heavy atom. The summed E-state index contributed by atoms with van der Waals surface area (Å²) in [5.41, 5.74) is 0.559. The summed E-state index contributed by atoms with van der Waals surface area (Å²) in [6.07, 6.45) is 0. The van der Waals surface area contributed by atoms with Crippen molar-refractivity contribution in [3.8, 4) is 11.5 Å². The van der Waals surface area contributed by atoms with E-state index in [2.05, 4.69) is 4.74 Å². The molecule has 0 spiro atoms. The maximum absolute atomic E-state index is 11.7. The van der Waals surface area contributed by atoms with E-state index in [1.807, 2.05) is 6.92 Å². The van der Waals surface area contributed by atoms with Gasteiger partial charge in [-0.05, 0) is 26.8 Å². The third-order valence-electron chi connectivity index (χ3n) is 2.47. The Labute approximate surface area is 112 Å². The Kier molecular flexibility index (Phi) is 5.36. The van der Waals surface area contributed by atoms with E-state index < -0.39 is 5.97 Å². The zero-order valence-electron chi connectivity index (χ0n) is 11.6. The second-order valence-electron chi connectivity index (χ2n) is 3.76. The lowest BCUT2D eigenvalue weighted by molar-refractivity contribution is 0.0596. The van der Waals surface area contributed by atoms with E-state index in [0.29, 0.717) is 30.3 Å². The summed E-state index contributed by atoms with van der Waals surface area (Å²) in [5, 5.41) is 0. The van der Waals surface area contributed by atoms with Crippen LogP contribution in [0.25, 0.3) is 0 Å². The largest absolute Gasteiger partial charge is 0.493 e. The monoisotopic (exact) mass is 266 g/mol. The molecule has 1 aromatic carbocycles. The molecule has 0 N–H and O–H groups in total. The number of carbonyl (C=O) groups is 2. The van der Waals surface area contributed by atoms with Crippen LogP contribution < -0.4 is 9.47 Å². The van der Waals surface area contributed by atoms with Crippen LogP contribution >= 0.6 is 0 Å². The van der Waals surface area contributed by atoms with E-state index >= 15 is 0 Å². The maximum Gasteiger partial charge on any atom is 0.341 e. The highest BCUT2D eigenvalue weighted by Crippen LogP contribution is 2.30. The van der Waals surface area contributed by atoms with Gasteiger partial charge in [-0.2, -0.15) is 0 Å². The van der Waals surface area contributed by atoms with Gasteiger partial charge in [0.2, 0.25) is 0 Å². The van der Waals surface area contributed by atoms with Gasteiger partial charge in [0.05, 0.1) is 25.9 Å². The molecule has 0 aliphatic heterocycles. The number of rotatable bonds is 6. The molecule has 0 bridgehead atoms. The van der Waals surface area contributed by atoms with Gasteiger partial charge in [-0.15, -0.1) is 0 Å². The minimum Gasteiger partial charge on any atom is -0.493 e. The van der Waals surface area contributed by atoms with Crippen molar-refractivity contribution >= 4 is 11.8 Å². The molecule has 0 atom stereocenters. The summed E-state index contributed by atoms with van der Waals surface area (Å²) in [4.78, 5) is 23.3. The van der Waals surface area contributed by atoms with Crippen LogP contribution in [-0.2, 0) is 4.74 Å². The number of ether oxygens (including phenoxy) is 3. The van der Waals surface area contributed by atoms with Crippen LogP contribution in [0.3, 0.4) is 0 Å². The predicted octanol–water partition coefficient (Wildman–Crippen LogP) is 2.47. The minimum atomic E-state index is -0.547. The van der Waals surface area contributed by atoms with Crippen molar-refractivity contribution in [3.63, 3.8) is 0 Å². The fourth-order valence-electron chi connectivity index (χ4n) is 1.66. The molecule has 5 heteroatoms. The van der Waals surface area contributed by atoms with Gasteiger partial charge >= 0.3 is 5.97 Å². The lowest BCUT2D eigenvalue weighted by Crippen LogP contribution is -2.09. The number of ketones is 1. The van der Waals surface area contributed by atoms with E-state index in [9.17, 15) is 9.59 Å². The zero-order valence-corrected chi connectivity index (χ0v) is 11.6. The second kappa shape index (κ2) is 6.78. The normalized spacial score (nSPS) is 9.89. The molecule has 104 valence electrons. The quantitative estimate of drug-likeness (QED) is 0.584. The number of esters is 1. The van der Waals surface area contributed by atoms with Gasteiger partial charge in [0, 0.05) is 6.07 Å². The van der Waals surface area contributed by atoms with Gasteiger partial charge in [0.1, 0.15) is 17.1 Å². The van der Waals surface area contributed by atoms with E-state index in [1.165, 1.54) is 20.1 Å². The second-order valence-corrected chi connectivity index (χ2v) is 3.76. The Balaban J connectivity index is 3.40. The fraction of sp³-hybridized carbons (Fsp3) is 0.429. The molecule has 1 rings (SSSR count). The van der Waals surface area contributed by atoms with Crippen molar-refractivity contribution in [2.24, 2.45) is 0 Å². The molecule has 0 aromatic heterocycles. The van der Waals surface area contributed by atoms with Crippen molar-refractivity contribution in [1.29, 1.82) is 0 Å². The molecule has 0 unspecified atom stereocenters. The Morgan fingerprint density at radius 3 is 1.95 bits per heavy atom. The Bertz CT molecular complexity index is 479. The Hall–Kier alpha value is -2.04. The van der Waals surface area contributed by atoms with Crippen molar-refractivity contribution in [2.45, 2.75) is 20.8 Å². The first kappa shape index (κ1) is 15.0. The lowest BCUT2D eigenvalue weighted by atomic mass is 10.1. The highest BCUT2D eigenvalue weighted by atomic mass is 16.5. The molecule has 0 heterocycles. The summed E-state index contributed by atoms with van der Waals surface area (Å²) >= 11 is 0. The van der Waals surface area contributed by atoms with Crippen molar-refractivity contribution < 1.29 is 23.8 Å². The predicted molar refractivity (Wildman–Crippen MR) is 70.1 cm³/mol. The molecule has 0 radical (unpaired) electrons. The SMILES string of the molecule is CCOc1cc(OCC)c(C(=O)OC)cc1C(C)=O. The number of methoxy groups -OCH3 is 1. The first-order chi connectivity index (χ1) is 9.04. The Morgan fingerprint density at radius 2 is 1.53 bits per heavy atom. The summed E-state index contributed by atoms with van der Waals surface area (Å²) in [6, 6.07) is 3.00. The molecular weight excluding hydrogens is 248 g/mol. The molecular formula is C14H18O5. The number of hydrogen-bond acceptors (Lipinski definition) is 5. The van der Waals surface area contributed by atoms with Crippen molar-refractivity contribution in [3.05, 3.63) is 23.3 Å². The molecule has 0 amide bonds. The summed E-state index contributed by atoms with van der Waals surface area (Å²) in [5.74, 6) is 0.0274. The third-order valence-corrected chi connectivity index (χ3v) is 2.47. The van der Waals surface area contributed by atoms with E-state index in [1.54, 1.807) is 13.0 Å². The summed E-state index contributed by atoms with van der Waals surface area (Å²) < 4.78 is 15.5. The summed E-state index contributed by atoms with van der Waals surface area (Å²) in [6.45, 7) is 5.86. The zero-order chi connectivity index (χ0) is 14.4. The molecule has 1 aromatic rings.